The van der Waals surface area contributed by atoms with E-state index in [1.54, 1.807) is 11.8 Å². The van der Waals surface area contributed by atoms with Crippen LogP contribution in [0.4, 0.5) is 0 Å². The van der Waals surface area contributed by atoms with Crippen LogP contribution < -0.4 is 0 Å². The van der Waals surface area contributed by atoms with Gasteiger partial charge in [-0.2, -0.15) is 5.26 Å². The van der Waals surface area contributed by atoms with Crippen molar-refractivity contribution in [2.24, 2.45) is 34.5 Å². The second-order valence-corrected chi connectivity index (χ2v) is 8.99. The molecule has 0 aromatic rings. The summed E-state index contributed by atoms with van der Waals surface area (Å²) in [4.78, 5) is 0. The summed E-state index contributed by atoms with van der Waals surface area (Å²) in [6.07, 6.45) is 5.50. The smallest absolute Gasteiger partial charge is 0.133 e. The minimum absolute atomic E-state index is 0.429. The number of thiocyanates is 1. The second-order valence-electron chi connectivity index (χ2n) is 8.00. The van der Waals surface area contributed by atoms with E-state index in [0.29, 0.717) is 16.1 Å². The highest BCUT2D eigenvalue weighted by Gasteiger charge is 2.64. The normalized spacial score (nSPS) is 53.8. The molecule has 4 bridgehead atoms. The predicted molar refractivity (Wildman–Crippen MR) is 77.0 cm³/mol. The number of thioether (sulfide) groups is 1. The van der Waals surface area contributed by atoms with Gasteiger partial charge < -0.3 is 0 Å². The lowest BCUT2D eigenvalue weighted by Gasteiger charge is -2.58. The summed E-state index contributed by atoms with van der Waals surface area (Å²) in [6, 6.07) is 0. The lowest BCUT2D eigenvalue weighted by atomic mass is 9.50. The summed E-state index contributed by atoms with van der Waals surface area (Å²) in [7, 11) is 0. The molecule has 4 fully saturated rings. The maximum absolute atomic E-state index is 9.03. The van der Waals surface area contributed by atoms with Crippen molar-refractivity contribution < 1.29 is 0 Å². The van der Waals surface area contributed by atoms with E-state index in [1.165, 1.54) is 25.7 Å². The lowest BCUT2D eigenvalue weighted by molar-refractivity contribution is -0.0379. The third-order valence-corrected chi connectivity index (χ3v) is 7.62. The summed E-state index contributed by atoms with van der Waals surface area (Å²) in [6.45, 7) is 9.82. The Morgan fingerprint density at radius 2 is 1.94 bits per heavy atom. The number of rotatable bonds is 2. The lowest BCUT2D eigenvalue weighted by Crippen LogP contribution is -2.52. The Morgan fingerprint density at radius 1 is 1.22 bits per heavy atom. The maximum Gasteiger partial charge on any atom is 0.133 e. The molecule has 0 aliphatic heterocycles. The third-order valence-electron chi connectivity index (χ3n) is 6.47. The molecule has 0 aromatic carbocycles. The van der Waals surface area contributed by atoms with Crippen molar-refractivity contribution in [1.29, 1.82) is 5.26 Å². The minimum atomic E-state index is 0.429. The first-order valence-electron chi connectivity index (χ1n) is 7.44. The van der Waals surface area contributed by atoms with Crippen LogP contribution in [-0.2, 0) is 0 Å². The summed E-state index contributed by atoms with van der Waals surface area (Å²) >= 11 is 1.56. The molecule has 4 aliphatic carbocycles. The molecule has 0 N–H and O–H groups in total. The molecule has 0 heterocycles. The Hall–Kier alpha value is -0.160. The van der Waals surface area contributed by atoms with Crippen molar-refractivity contribution in [3.8, 4) is 5.40 Å². The Labute approximate surface area is 116 Å². The first-order chi connectivity index (χ1) is 8.39. The van der Waals surface area contributed by atoms with Crippen molar-refractivity contribution >= 4 is 11.8 Å². The van der Waals surface area contributed by atoms with E-state index in [4.69, 9.17) is 5.26 Å². The number of nitrogens with zero attached hydrogens (tertiary/aromatic N) is 1. The predicted octanol–water partition coefficient (Wildman–Crippen LogP) is 4.69. The van der Waals surface area contributed by atoms with Gasteiger partial charge in [0.15, 0.2) is 0 Å². The zero-order valence-electron chi connectivity index (χ0n) is 12.1. The van der Waals surface area contributed by atoms with Crippen LogP contribution in [0.25, 0.3) is 0 Å². The van der Waals surface area contributed by atoms with Crippen molar-refractivity contribution in [1.82, 2.24) is 0 Å². The molecule has 0 unspecified atom stereocenters. The van der Waals surface area contributed by atoms with Crippen molar-refractivity contribution in [3.63, 3.8) is 0 Å². The largest absolute Gasteiger partial charge is 0.185 e. The average molecular weight is 263 g/mol. The number of hydrogen-bond acceptors (Lipinski definition) is 2. The van der Waals surface area contributed by atoms with Crippen LogP contribution in [0.2, 0.25) is 0 Å². The monoisotopic (exact) mass is 263 g/mol. The molecule has 4 aliphatic rings. The summed E-state index contributed by atoms with van der Waals surface area (Å²) in [5.74, 6) is 3.62. The van der Waals surface area contributed by atoms with Gasteiger partial charge in [-0.3, -0.25) is 0 Å². The van der Waals surface area contributed by atoms with E-state index in [2.05, 4.69) is 33.1 Å². The fourth-order valence-corrected chi connectivity index (χ4v) is 6.79. The van der Waals surface area contributed by atoms with Gasteiger partial charge in [0.05, 0.1) is 0 Å². The third kappa shape index (κ3) is 1.59. The molecular formula is C16H25NS. The molecule has 4 saturated carbocycles. The minimum Gasteiger partial charge on any atom is -0.185 e. The van der Waals surface area contributed by atoms with Crippen molar-refractivity contribution in [2.75, 3.05) is 0 Å². The van der Waals surface area contributed by atoms with Crippen LogP contribution in [0, 0.1) is 45.2 Å². The van der Waals surface area contributed by atoms with E-state index >= 15 is 0 Å². The van der Waals surface area contributed by atoms with E-state index in [1.807, 2.05) is 0 Å². The van der Waals surface area contributed by atoms with Crippen LogP contribution in [-0.4, -0.2) is 5.25 Å². The summed E-state index contributed by atoms with van der Waals surface area (Å²) < 4.78 is 0. The van der Waals surface area contributed by atoms with Gasteiger partial charge in [0, 0.05) is 5.25 Å². The Bertz CT molecular complexity index is 398. The summed E-state index contributed by atoms with van der Waals surface area (Å²) in [5, 5.41) is 12.0. The molecule has 18 heavy (non-hydrogen) atoms. The Balaban J connectivity index is 1.92. The van der Waals surface area contributed by atoms with E-state index < -0.39 is 0 Å². The molecule has 4 rings (SSSR count). The van der Waals surface area contributed by atoms with Crippen LogP contribution >= 0.6 is 11.8 Å². The van der Waals surface area contributed by atoms with Gasteiger partial charge in [-0.15, -0.1) is 0 Å². The standard InChI is InChI=1S/C16H25NS/c1-10(2)11-6-15(3)8-16(4)7-12(11)13(15)5-14(16)18-9-17/h10-14H,5-8H2,1-4H3/t11-,12+,13+,14-,15+,16-/m0/s1. The van der Waals surface area contributed by atoms with Crippen LogP contribution in [0.3, 0.4) is 0 Å². The topological polar surface area (TPSA) is 23.8 Å². The number of fused-ring (bicyclic) bond motifs is 1. The van der Waals surface area contributed by atoms with Gasteiger partial charge >= 0.3 is 0 Å². The molecule has 100 valence electrons. The number of hydrogen-bond donors (Lipinski definition) is 0. The molecule has 0 radical (unpaired) electrons. The molecule has 0 saturated heterocycles. The summed E-state index contributed by atoms with van der Waals surface area (Å²) in [5.41, 5.74) is 1.01. The molecular weight excluding hydrogens is 238 g/mol. The fourth-order valence-electron chi connectivity index (χ4n) is 5.89. The zero-order chi connectivity index (χ0) is 13.1. The highest BCUT2D eigenvalue weighted by Crippen LogP contribution is 2.71. The van der Waals surface area contributed by atoms with Crippen LogP contribution in [0.1, 0.15) is 53.4 Å². The quantitative estimate of drug-likeness (QED) is 0.675. The Kier molecular flexibility index (Phi) is 2.80. The molecule has 6 atom stereocenters. The SMILES string of the molecule is CC(C)[C@@H]1C[C@]2(C)C[C@]3(C)C[C@H]1[C@H]2C[C@@H]3SC#N. The molecule has 0 amide bonds. The van der Waals surface area contributed by atoms with Gasteiger partial charge in [-0.1, -0.05) is 27.7 Å². The first-order valence-corrected chi connectivity index (χ1v) is 8.32. The molecule has 0 aromatic heterocycles. The number of nitriles is 1. The van der Waals surface area contributed by atoms with Gasteiger partial charge in [0.1, 0.15) is 5.40 Å². The van der Waals surface area contributed by atoms with E-state index in [9.17, 15) is 0 Å². The van der Waals surface area contributed by atoms with Gasteiger partial charge in [-0.25, -0.2) is 0 Å². The van der Waals surface area contributed by atoms with E-state index in [-0.39, 0.29) is 0 Å². The van der Waals surface area contributed by atoms with Crippen molar-refractivity contribution in [2.45, 2.75) is 58.6 Å². The zero-order valence-corrected chi connectivity index (χ0v) is 12.9. The van der Waals surface area contributed by atoms with Crippen LogP contribution in [0.5, 0.6) is 0 Å². The molecule has 0 spiro atoms. The highest BCUT2D eigenvalue weighted by molar-refractivity contribution is 8.04. The van der Waals surface area contributed by atoms with Crippen LogP contribution in [0.15, 0.2) is 0 Å². The fraction of sp³-hybridized carbons (Fsp3) is 0.938. The maximum atomic E-state index is 9.03. The van der Waals surface area contributed by atoms with Gasteiger partial charge in [0.2, 0.25) is 0 Å². The van der Waals surface area contributed by atoms with Gasteiger partial charge in [-0.05, 0) is 71.9 Å². The first kappa shape index (κ1) is 12.9. The van der Waals surface area contributed by atoms with Gasteiger partial charge in [0.25, 0.3) is 0 Å². The van der Waals surface area contributed by atoms with E-state index in [0.717, 1.165) is 23.7 Å². The molecule has 2 heteroatoms. The average Bonchev–Trinajstić information content (AvgIpc) is 2.47. The highest BCUT2D eigenvalue weighted by atomic mass is 32.2. The molecule has 1 nitrogen and oxygen atoms in total. The second kappa shape index (κ2) is 3.92. The van der Waals surface area contributed by atoms with Crippen molar-refractivity contribution in [3.05, 3.63) is 0 Å². The Morgan fingerprint density at radius 3 is 2.50 bits per heavy atom.